The molecular weight excluding hydrogens is 285 g/mol. The number of methoxy groups -OCH3 is 1. The molecule has 2 N–H and O–H groups in total. The van der Waals surface area contributed by atoms with Gasteiger partial charge in [0.15, 0.2) is 0 Å². The van der Waals surface area contributed by atoms with Crippen LogP contribution in [-0.2, 0) is 24.4 Å². The lowest BCUT2D eigenvalue weighted by atomic mass is 10.1. The van der Waals surface area contributed by atoms with E-state index in [1.165, 1.54) is 6.07 Å². The first kappa shape index (κ1) is 16.0. The lowest BCUT2D eigenvalue weighted by Crippen LogP contribution is -2.24. The van der Waals surface area contributed by atoms with E-state index in [1.807, 2.05) is 18.2 Å². The number of carbonyl (C=O) groups excluding carboxylic acids is 1. The standard InChI is InChI=1S/C17H18FNO3/c1-22-16-5-3-2-4-13(16)9-17(21)19-10-12-6-7-15(18)14(8-12)11-20/h2-8,20H,9-11H2,1H3,(H,19,21). The molecule has 0 bridgehead atoms. The first-order valence-corrected chi connectivity index (χ1v) is 6.90. The maximum Gasteiger partial charge on any atom is 0.224 e. The van der Waals surface area contributed by atoms with Gasteiger partial charge in [-0.25, -0.2) is 4.39 Å². The zero-order chi connectivity index (χ0) is 15.9. The summed E-state index contributed by atoms with van der Waals surface area (Å²) >= 11 is 0. The second kappa shape index (κ2) is 7.56. The molecule has 4 nitrogen and oxygen atoms in total. The molecule has 0 saturated carbocycles. The van der Waals surface area contributed by atoms with E-state index >= 15 is 0 Å². The normalized spacial score (nSPS) is 10.3. The number of carbonyl (C=O) groups is 1. The molecule has 22 heavy (non-hydrogen) atoms. The Bertz CT molecular complexity index is 658. The summed E-state index contributed by atoms with van der Waals surface area (Å²) in [6.07, 6.45) is 0.206. The van der Waals surface area contributed by atoms with Crippen molar-refractivity contribution >= 4 is 5.91 Å². The molecule has 0 aliphatic rings. The minimum Gasteiger partial charge on any atom is -0.496 e. The van der Waals surface area contributed by atoms with Crippen molar-refractivity contribution in [1.82, 2.24) is 5.32 Å². The van der Waals surface area contributed by atoms with E-state index in [0.717, 1.165) is 11.1 Å². The summed E-state index contributed by atoms with van der Waals surface area (Å²) in [4.78, 5) is 12.0. The van der Waals surface area contributed by atoms with Crippen molar-refractivity contribution in [3.8, 4) is 5.75 Å². The third kappa shape index (κ3) is 4.05. The minimum absolute atomic E-state index is 0.153. The maximum absolute atomic E-state index is 13.3. The largest absolute Gasteiger partial charge is 0.496 e. The summed E-state index contributed by atoms with van der Waals surface area (Å²) in [6, 6.07) is 11.7. The van der Waals surface area contributed by atoms with E-state index in [9.17, 15) is 9.18 Å². The van der Waals surface area contributed by atoms with Gasteiger partial charge >= 0.3 is 0 Å². The highest BCUT2D eigenvalue weighted by atomic mass is 19.1. The molecule has 0 aliphatic heterocycles. The Morgan fingerprint density at radius 1 is 1.23 bits per heavy atom. The van der Waals surface area contributed by atoms with Crippen molar-refractivity contribution in [2.45, 2.75) is 19.6 Å². The van der Waals surface area contributed by atoms with Crippen molar-refractivity contribution < 1.29 is 19.0 Å². The smallest absolute Gasteiger partial charge is 0.224 e. The fourth-order valence-corrected chi connectivity index (χ4v) is 2.14. The average molecular weight is 303 g/mol. The van der Waals surface area contributed by atoms with Crippen molar-refractivity contribution in [3.63, 3.8) is 0 Å². The number of amides is 1. The second-order valence-electron chi connectivity index (χ2n) is 4.85. The zero-order valence-electron chi connectivity index (χ0n) is 12.3. The van der Waals surface area contributed by atoms with E-state index in [1.54, 1.807) is 25.3 Å². The number of halogens is 1. The zero-order valence-corrected chi connectivity index (χ0v) is 12.3. The Labute approximate surface area is 128 Å². The van der Waals surface area contributed by atoms with Gasteiger partial charge in [-0.15, -0.1) is 0 Å². The fourth-order valence-electron chi connectivity index (χ4n) is 2.14. The monoisotopic (exact) mass is 303 g/mol. The summed E-state index contributed by atoms with van der Waals surface area (Å²) in [5.74, 6) is 0.0629. The summed E-state index contributed by atoms with van der Waals surface area (Å²) in [5, 5.41) is 11.8. The van der Waals surface area contributed by atoms with Crippen molar-refractivity contribution in [1.29, 1.82) is 0 Å². The molecule has 116 valence electrons. The number of hydrogen-bond acceptors (Lipinski definition) is 3. The first-order chi connectivity index (χ1) is 10.6. The predicted molar refractivity (Wildman–Crippen MR) is 80.9 cm³/mol. The number of ether oxygens (including phenoxy) is 1. The van der Waals surface area contributed by atoms with Gasteiger partial charge < -0.3 is 15.2 Å². The van der Waals surface area contributed by atoms with Crippen LogP contribution in [0.2, 0.25) is 0 Å². The molecule has 0 atom stereocenters. The summed E-state index contributed by atoms with van der Waals surface area (Å²) in [7, 11) is 1.56. The van der Waals surface area contributed by atoms with Gasteiger partial charge in [-0.1, -0.05) is 24.3 Å². The maximum atomic E-state index is 13.3. The summed E-state index contributed by atoms with van der Waals surface area (Å²) in [5.41, 5.74) is 1.76. The van der Waals surface area contributed by atoms with Gasteiger partial charge in [0.2, 0.25) is 5.91 Å². The molecule has 0 saturated heterocycles. The molecule has 0 aliphatic carbocycles. The molecule has 2 aromatic rings. The summed E-state index contributed by atoms with van der Waals surface area (Å²) < 4.78 is 18.5. The molecule has 0 aromatic heterocycles. The van der Waals surface area contributed by atoms with Crippen molar-refractivity contribution in [2.24, 2.45) is 0 Å². The van der Waals surface area contributed by atoms with Crippen LogP contribution < -0.4 is 10.1 Å². The van der Waals surface area contributed by atoms with Crippen LogP contribution in [0, 0.1) is 5.82 Å². The number of aliphatic hydroxyl groups excluding tert-OH is 1. The molecule has 5 heteroatoms. The van der Waals surface area contributed by atoms with Gasteiger partial charge in [0.1, 0.15) is 11.6 Å². The van der Waals surface area contributed by atoms with E-state index in [4.69, 9.17) is 9.84 Å². The van der Waals surface area contributed by atoms with Gasteiger partial charge in [-0.3, -0.25) is 4.79 Å². The highest BCUT2D eigenvalue weighted by Crippen LogP contribution is 2.17. The molecule has 0 radical (unpaired) electrons. The quantitative estimate of drug-likeness (QED) is 0.860. The highest BCUT2D eigenvalue weighted by Gasteiger charge is 2.08. The Hall–Kier alpha value is -2.40. The number of hydrogen-bond donors (Lipinski definition) is 2. The topological polar surface area (TPSA) is 58.6 Å². The van der Waals surface area contributed by atoms with Crippen LogP contribution in [0.5, 0.6) is 5.75 Å². The number of para-hydroxylation sites is 1. The van der Waals surface area contributed by atoms with Gasteiger partial charge in [-0.2, -0.15) is 0 Å². The Balaban J connectivity index is 1.95. The van der Waals surface area contributed by atoms with Crippen LogP contribution in [0.3, 0.4) is 0 Å². The Morgan fingerprint density at radius 3 is 2.73 bits per heavy atom. The van der Waals surface area contributed by atoms with Gasteiger partial charge in [0, 0.05) is 17.7 Å². The van der Waals surface area contributed by atoms with E-state index in [2.05, 4.69) is 5.32 Å². The van der Waals surface area contributed by atoms with Gasteiger partial charge in [-0.05, 0) is 23.8 Å². The van der Waals surface area contributed by atoms with Crippen molar-refractivity contribution in [3.05, 3.63) is 65.0 Å². The first-order valence-electron chi connectivity index (χ1n) is 6.90. The third-order valence-corrected chi connectivity index (χ3v) is 3.31. The lowest BCUT2D eigenvalue weighted by molar-refractivity contribution is -0.120. The van der Waals surface area contributed by atoms with Crippen LogP contribution in [-0.4, -0.2) is 18.1 Å². The second-order valence-corrected chi connectivity index (χ2v) is 4.85. The van der Waals surface area contributed by atoms with Crippen molar-refractivity contribution in [2.75, 3.05) is 7.11 Å². The molecular formula is C17H18FNO3. The molecule has 0 fully saturated rings. The van der Waals surface area contributed by atoms with Gasteiger partial charge in [0.25, 0.3) is 0 Å². The van der Waals surface area contributed by atoms with Crippen LogP contribution in [0.15, 0.2) is 42.5 Å². The SMILES string of the molecule is COc1ccccc1CC(=O)NCc1ccc(F)c(CO)c1. The molecule has 2 rings (SSSR count). The number of benzene rings is 2. The average Bonchev–Trinajstić information content (AvgIpc) is 2.54. The molecule has 0 spiro atoms. The number of rotatable bonds is 6. The van der Waals surface area contributed by atoms with E-state index < -0.39 is 5.82 Å². The Kier molecular flexibility index (Phi) is 5.49. The fraction of sp³-hybridized carbons (Fsp3) is 0.235. The van der Waals surface area contributed by atoms with Crippen LogP contribution in [0.4, 0.5) is 4.39 Å². The van der Waals surface area contributed by atoms with Crippen LogP contribution in [0.25, 0.3) is 0 Å². The lowest BCUT2D eigenvalue weighted by Gasteiger charge is -2.09. The minimum atomic E-state index is -0.452. The predicted octanol–water partition coefficient (Wildman–Crippen LogP) is 2.19. The molecule has 2 aromatic carbocycles. The van der Waals surface area contributed by atoms with Crippen LogP contribution in [0.1, 0.15) is 16.7 Å². The molecule has 1 amide bonds. The highest BCUT2D eigenvalue weighted by molar-refractivity contribution is 5.79. The Morgan fingerprint density at radius 2 is 2.00 bits per heavy atom. The van der Waals surface area contributed by atoms with E-state index in [0.29, 0.717) is 5.75 Å². The van der Waals surface area contributed by atoms with Gasteiger partial charge in [0.05, 0.1) is 20.1 Å². The van der Waals surface area contributed by atoms with E-state index in [-0.39, 0.29) is 31.0 Å². The van der Waals surface area contributed by atoms with Crippen LogP contribution >= 0.6 is 0 Å². The third-order valence-electron chi connectivity index (χ3n) is 3.31. The molecule has 0 unspecified atom stereocenters. The number of nitrogens with one attached hydrogen (secondary N) is 1. The molecule has 0 heterocycles. The summed E-state index contributed by atoms with van der Waals surface area (Å²) in [6.45, 7) is -0.0872. The number of aliphatic hydroxyl groups is 1.